The van der Waals surface area contributed by atoms with Crippen LogP contribution in [0.1, 0.15) is 25.3 Å². The van der Waals surface area contributed by atoms with Gasteiger partial charge in [0.1, 0.15) is 11.3 Å². The molecule has 2 aliphatic rings. The molecule has 1 saturated carbocycles. The zero-order valence-electron chi connectivity index (χ0n) is 15.3. The van der Waals surface area contributed by atoms with Crippen molar-refractivity contribution in [2.45, 2.75) is 31.3 Å². The number of rotatable bonds is 7. The molecule has 0 aromatic heterocycles. The van der Waals surface area contributed by atoms with E-state index in [2.05, 4.69) is 10.6 Å². The second kappa shape index (κ2) is 6.95. The Balaban J connectivity index is 1.68. The van der Waals surface area contributed by atoms with Gasteiger partial charge in [-0.05, 0) is 37.5 Å². The van der Waals surface area contributed by atoms with Gasteiger partial charge in [-0.15, -0.1) is 0 Å². The molecule has 8 heteroatoms. The van der Waals surface area contributed by atoms with E-state index in [1.54, 1.807) is 45.3 Å². The van der Waals surface area contributed by atoms with Crippen LogP contribution in [0, 0.1) is 0 Å². The molecule has 2 atom stereocenters. The Morgan fingerprint density at radius 2 is 2.15 bits per heavy atom. The molecule has 1 heterocycles. The first-order valence-electron chi connectivity index (χ1n) is 8.73. The van der Waals surface area contributed by atoms with Gasteiger partial charge in [0.25, 0.3) is 11.8 Å². The van der Waals surface area contributed by atoms with Crippen molar-refractivity contribution in [3.63, 3.8) is 0 Å². The number of carbonyl (C=O) groups excluding carboxylic acids is 3. The van der Waals surface area contributed by atoms with Crippen molar-refractivity contribution in [3.05, 3.63) is 29.8 Å². The fourth-order valence-electron chi connectivity index (χ4n) is 3.08. The monoisotopic (exact) mass is 361 g/mol. The summed E-state index contributed by atoms with van der Waals surface area (Å²) in [5.74, 6) is 0.217. The molecule has 1 saturated heterocycles. The predicted octanol–water partition coefficient (Wildman–Crippen LogP) is -0.787. The third kappa shape index (κ3) is 3.65. The zero-order chi connectivity index (χ0) is 18.9. The van der Waals surface area contributed by atoms with Gasteiger partial charge in [-0.25, -0.2) is 9.69 Å². The van der Waals surface area contributed by atoms with Gasteiger partial charge in [0, 0.05) is 6.04 Å². The SMILES string of the molecule is COc1cccc([C@@]2(C)NC(=O)N(C[NH+](C)CC(=O)NC3CC3)C2=O)c1. The number of urea groups is 1. The van der Waals surface area contributed by atoms with Gasteiger partial charge in [0.15, 0.2) is 13.2 Å². The van der Waals surface area contributed by atoms with Crippen LogP contribution >= 0.6 is 0 Å². The van der Waals surface area contributed by atoms with Crippen molar-refractivity contribution < 1.29 is 24.0 Å². The minimum atomic E-state index is -1.15. The molecule has 4 amide bonds. The van der Waals surface area contributed by atoms with Crippen LogP contribution in [0.3, 0.4) is 0 Å². The van der Waals surface area contributed by atoms with Crippen LogP contribution in [0.25, 0.3) is 0 Å². The first kappa shape index (κ1) is 18.2. The molecule has 1 aliphatic carbocycles. The van der Waals surface area contributed by atoms with Crippen LogP contribution in [-0.2, 0) is 15.1 Å². The van der Waals surface area contributed by atoms with Crippen LogP contribution in [0.2, 0.25) is 0 Å². The Hall–Kier alpha value is -2.61. The van der Waals surface area contributed by atoms with Crippen molar-refractivity contribution in [2.24, 2.45) is 0 Å². The topological polar surface area (TPSA) is 92.2 Å². The van der Waals surface area contributed by atoms with E-state index in [1.165, 1.54) is 4.90 Å². The average Bonchev–Trinajstić information content (AvgIpc) is 3.38. The summed E-state index contributed by atoms with van der Waals surface area (Å²) in [6.07, 6.45) is 2.05. The molecule has 1 aromatic rings. The number of carbonyl (C=O) groups is 3. The molecular formula is C18H25N4O4+. The van der Waals surface area contributed by atoms with Crippen LogP contribution < -0.4 is 20.3 Å². The number of nitrogens with zero attached hydrogens (tertiary/aromatic N) is 1. The zero-order valence-corrected chi connectivity index (χ0v) is 15.3. The standard InChI is InChI=1S/C18H24N4O4/c1-18(12-5-4-6-14(9-12)26-3)16(24)22(17(25)20-18)11-21(2)10-15(23)19-13-7-8-13/h4-6,9,13H,7-8,10-11H2,1-3H3,(H,19,23)(H,20,25)/p+1/t18-/m1/s1. The summed E-state index contributed by atoms with van der Waals surface area (Å²) in [7, 11) is 3.34. The number of ether oxygens (including phenoxy) is 1. The Morgan fingerprint density at radius 1 is 1.42 bits per heavy atom. The minimum Gasteiger partial charge on any atom is -0.497 e. The van der Waals surface area contributed by atoms with Crippen LogP contribution in [0.15, 0.2) is 24.3 Å². The summed E-state index contributed by atoms with van der Waals surface area (Å²) in [5.41, 5.74) is -0.496. The highest BCUT2D eigenvalue weighted by Crippen LogP contribution is 2.30. The lowest BCUT2D eigenvalue weighted by Gasteiger charge is -2.23. The summed E-state index contributed by atoms with van der Waals surface area (Å²) in [6.45, 7) is 2.02. The van der Waals surface area contributed by atoms with E-state index in [4.69, 9.17) is 4.74 Å². The number of quaternary nitrogens is 1. The highest BCUT2D eigenvalue weighted by molar-refractivity contribution is 6.07. The Labute approximate surface area is 152 Å². The van der Waals surface area contributed by atoms with Gasteiger partial charge < -0.3 is 20.3 Å². The van der Waals surface area contributed by atoms with Crippen molar-refractivity contribution in [2.75, 3.05) is 27.4 Å². The summed E-state index contributed by atoms with van der Waals surface area (Å²) < 4.78 is 5.21. The molecule has 0 radical (unpaired) electrons. The smallest absolute Gasteiger partial charge is 0.329 e. The van der Waals surface area contributed by atoms with E-state index >= 15 is 0 Å². The predicted molar refractivity (Wildman–Crippen MR) is 93.5 cm³/mol. The fourth-order valence-corrected chi connectivity index (χ4v) is 3.08. The summed E-state index contributed by atoms with van der Waals surface area (Å²) in [4.78, 5) is 39.2. The number of hydrogen-bond acceptors (Lipinski definition) is 4. The first-order valence-corrected chi connectivity index (χ1v) is 8.73. The van der Waals surface area contributed by atoms with Gasteiger partial charge in [-0.1, -0.05) is 12.1 Å². The third-order valence-electron chi connectivity index (χ3n) is 4.75. The number of amides is 4. The van der Waals surface area contributed by atoms with Crippen molar-refractivity contribution in [1.29, 1.82) is 0 Å². The largest absolute Gasteiger partial charge is 0.497 e. The average molecular weight is 361 g/mol. The van der Waals surface area contributed by atoms with Gasteiger partial charge >= 0.3 is 6.03 Å². The maximum atomic E-state index is 12.9. The van der Waals surface area contributed by atoms with E-state index in [0.29, 0.717) is 17.4 Å². The number of imide groups is 1. The summed E-state index contributed by atoms with van der Waals surface area (Å²) in [6, 6.07) is 6.92. The van der Waals surface area contributed by atoms with E-state index in [-0.39, 0.29) is 25.0 Å². The molecule has 3 rings (SSSR count). The van der Waals surface area contributed by atoms with E-state index < -0.39 is 11.6 Å². The normalized spacial score (nSPS) is 23.6. The molecule has 3 N–H and O–H groups in total. The molecule has 2 fully saturated rings. The molecule has 1 aliphatic heterocycles. The number of nitrogens with one attached hydrogen (secondary N) is 3. The molecule has 1 unspecified atom stereocenters. The number of hydrogen-bond donors (Lipinski definition) is 3. The Morgan fingerprint density at radius 3 is 2.81 bits per heavy atom. The second-order valence-corrected chi connectivity index (χ2v) is 7.15. The van der Waals surface area contributed by atoms with E-state index in [0.717, 1.165) is 17.7 Å². The quantitative estimate of drug-likeness (QED) is 0.555. The lowest BCUT2D eigenvalue weighted by Crippen LogP contribution is -3.12. The summed E-state index contributed by atoms with van der Waals surface area (Å²) in [5, 5.41) is 5.68. The van der Waals surface area contributed by atoms with E-state index in [9.17, 15) is 14.4 Å². The number of likely N-dealkylation sites (N-methyl/N-ethyl adjacent to an activating group) is 1. The fraction of sp³-hybridized carbons (Fsp3) is 0.500. The summed E-state index contributed by atoms with van der Waals surface area (Å²) >= 11 is 0. The van der Waals surface area contributed by atoms with Crippen LogP contribution in [-0.4, -0.2) is 56.2 Å². The maximum Gasteiger partial charge on any atom is 0.329 e. The molecule has 0 bridgehead atoms. The van der Waals surface area contributed by atoms with Crippen LogP contribution in [0.5, 0.6) is 5.75 Å². The van der Waals surface area contributed by atoms with Crippen molar-refractivity contribution >= 4 is 17.8 Å². The Kier molecular flexibility index (Phi) is 4.86. The third-order valence-corrected chi connectivity index (χ3v) is 4.75. The minimum absolute atomic E-state index is 0.0624. The van der Waals surface area contributed by atoms with Gasteiger partial charge in [-0.2, -0.15) is 0 Å². The van der Waals surface area contributed by atoms with Crippen molar-refractivity contribution in [1.82, 2.24) is 15.5 Å². The van der Waals surface area contributed by atoms with Gasteiger partial charge in [0.05, 0.1) is 14.2 Å². The highest BCUT2D eigenvalue weighted by atomic mass is 16.5. The number of methoxy groups -OCH3 is 1. The second-order valence-electron chi connectivity index (χ2n) is 7.15. The molecule has 0 spiro atoms. The van der Waals surface area contributed by atoms with Gasteiger partial charge in [0.2, 0.25) is 0 Å². The van der Waals surface area contributed by atoms with E-state index in [1.807, 2.05) is 0 Å². The molecule has 1 aromatic carbocycles. The maximum absolute atomic E-state index is 12.9. The Bertz CT molecular complexity index is 734. The van der Waals surface area contributed by atoms with Gasteiger partial charge in [-0.3, -0.25) is 9.59 Å². The first-order chi connectivity index (χ1) is 12.3. The molecular weight excluding hydrogens is 336 g/mol. The lowest BCUT2D eigenvalue weighted by atomic mass is 9.92. The lowest BCUT2D eigenvalue weighted by molar-refractivity contribution is -0.879. The molecule has 140 valence electrons. The molecule has 26 heavy (non-hydrogen) atoms. The van der Waals surface area contributed by atoms with Crippen LogP contribution in [0.4, 0.5) is 4.79 Å². The van der Waals surface area contributed by atoms with Crippen molar-refractivity contribution in [3.8, 4) is 5.75 Å². The molecule has 8 nitrogen and oxygen atoms in total. The highest BCUT2D eigenvalue weighted by Gasteiger charge is 2.50. The number of benzene rings is 1.